The number of cyclic esters (lactones) is 1. The summed E-state index contributed by atoms with van der Waals surface area (Å²) in [7, 11) is 0. The summed E-state index contributed by atoms with van der Waals surface area (Å²) in [6.45, 7) is 2.43. The van der Waals surface area contributed by atoms with Crippen LogP contribution in [0.25, 0.3) is 22.3 Å². The minimum Gasteiger partial charge on any atom is -0.458 e. The van der Waals surface area contributed by atoms with E-state index in [9.17, 15) is 14.7 Å². The van der Waals surface area contributed by atoms with Crippen LogP contribution in [0.5, 0.6) is 11.5 Å². The van der Waals surface area contributed by atoms with Crippen LogP contribution in [-0.4, -0.2) is 27.4 Å². The quantitative estimate of drug-likeness (QED) is 0.370. The van der Waals surface area contributed by atoms with Gasteiger partial charge in [0, 0.05) is 22.6 Å². The number of aliphatic hydroxyl groups is 1. The van der Waals surface area contributed by atoms with E-state index >= 15 is 0 Å². The number of hydrogen-bond donors (Lipinski definition) is 2. The summed E-state index contributed by atoms with van der Waals surface area (Å²) in [5.74, 6) is 0.317. The van der Waals surface area contributed by atoms with Gasteiger partial charge in [-0.25, -0.2) is 9.78 Å². The molecule has 2 aromatic heterocycles. The summed E-state index contributed by atoms with van der Waals surface area (Å²) in [6.07, 6.45) is 1.23. The molecule has 0 amide bonds. The van der Waals surface area contributed by atoms with Crippen molar-refractivity contribution in [1.29, 1.82) is 0 Å². The van der Waals surface area contributed by atoms with Gasteiger partial charge in [-0.15, -0.1) is 0 Å². The standard InChI is InChI=1S/C23H21N3O6/c1-2-3-4-10-12-7-26-15(5-11-13(22(26)28)8-30-23(29)20(11)27)19(12)25-14-6-16-21(32-9-31-16)18(24)17(10)14/h5-6,20,27H,2-4,7-9,24H2,1H3/t20-/m0/s1. The number of unbranched alkanes of at least 4 members (excludes halogenated alkanes) is 1. The first-order valence-corrected chi connectivity index (χ1v) is 10.6. The number of aryl methyl sites for hydroxylation is 1. The molecule has 0 saturated carbocycles. The highest BCUT2D eigenvalue weighted by atomic mass is 16.7. The first kappa shape index (κ1) is 19.1. The van der Waals surface area contributed by atoms with Crippen LogP contribution in [-0.2, 0) is 29.1 Å². The minimum absolute atomic E-state index is 0.109. The van der Waals surface area contributed by atoms with Crippen molar-refractivity contribution in [3.63, 3.8) is 0 Å². The number of fused-ring (bicyclic) bond motifs is 6. The van der Waals surface area contributed by atoms with E-state index in [0.717, 1.165) is 35.8 Å². The molecule has 32 heavy (non-hydrogen) atoms. The van der Waals surface area contributed by atoms with Crippen molar-refractivity contribution in [2.75, 3.05) is 12.5 Å². The average Bonchev–Trinajstić information content (AvgIpc) is 3.40. The van der Waals surface area contributed by atoms with Crippen molar-refractivity contribution in [3.05, 3.63) is 44.7 Å². The maximum Gasteiger partial charge on any atom is 0.340 e. The van der Waals surface area contributed by atoms with E-state index in [-0.39, 0.29) is 24.5 Å². The van der Waals surface area contributed by atoms with Gasteiger partial charge in [0.1, 0.15) is 6.61 Å². The lowest BCUT2D eigenvalue weighted by atomic mass is 9.94. The molecule has 3 aliphatic heterocycles. The Morgan fingerprint density at radius 3 is 2.88 bits per heavy atom. The molecule has 3 aromatic rings. The highest BCUT2D eigenvalue weighted by Gasteiger charge is 2.35. The van der Waals surface area contributed by atoms with Gasteiger partial charge in [-0.2, -0.15) is 0 Å². The molecule has 0 spiro atoms. The number of pyridine rings is 2. The summed E-state index contributed by atoms with van der Waals surface area (Å²) >= 11 is 0. The zero-order valence-electron chi connectivity index (χ0n) is 17.4. The number of benzene rings is 1. The van der Waals surface area contributed by atoms with E-state index in [0.29, 0.717) is 46.2 Å². The van der Waals surface area contributed by atoms with Crippen LogP contribution in [0, 0.1) is 0 Å². The van der Waals surface area contributed by atoms with Gasteiger partial charge < -0.3 is 29.6 Å². The summed E-state index contributed by atoms with van der Waals surface area (Å²) < 4.78 is 17.7. The van der Waals surface area contributed by atoms with Crippen molar-refractivity contribution in [2.24, 2.45) is 0 Å². The molecule has 1 atom stereocenters. The molecule has 9 nitrogen and oxygen atoms in total. The number of aromatic nitrogens is 2. The molecular formula is C23H21N3O6. The van der Waals surface area contributed by atoms with Gasteiger partial charge >= 0.3 is 5.97 Å². The predicted molar refractivity (Wildman–Crippen MR) is 114 cm³/mol. The molecule has 1 aromatic carbocycles. The molecular weight excluding hydrogens is 414 g/mol. The number of aliphatic hydroxyl groups excluding tert-OH is 1. The molecule has 6 rings (SSSR count). The molecule has 5 heterocycles. The van der Waals surface area contributed by atoms with Crippen LogP contribution < -0.4 is 20.8 Å². The summed E-state index contributed by atoms with van der Waals surface area (Å²) in [5, 5.41) is 11.2. The lowest BCUT2D eigenvalue weighted by Gasteiger charge is -2.21. The second-order valence-corrected chi connectivity index (χ2v) is 8.30. The zero-order chi connectivity index (χ0) is 22.1. The smallest absolute Gasteiger partial charge is 0.340 e. The number of carbonyl (C=O) groups excluding carboxylic acids is 1. The molecule has 0 aliphatic carbocycles. The number of anilines is 1. The van der Waals surface area contributed by atoms with Crippen LogP contribution in [0.15, 0.2) is 16.9 Å². The van der Waals surface area contributed by atoms with E-state index < -0.39 is 12.1 Å². The fourth-order valence-corrected chi connectivity index (χ4v) is 4.91. The maximum absolute atomic E-state index is 13.2. The van der Waals surface area contributed by atoms with Gasteiger partial charge in [0.05, 0.1) is 34.7 Å². The van der Waals surface area contributed by atoms with Crippen LogP contribution >= 0.6 is 0 Å². The Labute approximate surface area is 182 Å². The maximum atomic E-state index is 13.2. The molecule has 0 saturated heterocycles. The summed E-state index contributed by atoms with van der Waals surface area (Å²) in [6, 6.07) is 3.50. The number of esters is 1. The third-order valence-electron chi connectivity index (χ3n) is 6.51. The molecule has 164 valence electrons. The first-order valence-electron chi connectivity index (χ1n) is 10.6. The number of nitrogen functional groups attached to an aromatic ring is 1. The number of carbonyl (C=O) groups is 1. The fraction of sp³-hybridized carbons (Fsp3) is 0.348. The largest absolute Gasteiger partial charge is 0.458 e. The fourth-order valence-electron chi connectivity index (χ4n) is 4.91. The predicted octanol–water partition coefficient (Wildman–Crippen LogP) is 2.17. The summed E-state index contributed by atoms with van der Waals surface area (Å²) in [4.78, 5) is 30.0. The highest BCUT2D eigenvalue weighted by Crippen LogP contribution is 2.47. The van der Waals surface area contributed by atoms with Gasteiger partial charge in [0.15, 0.2) is 17.6 Å². The topological polar surface area (TPSA) is 126 Å². The van der Waals surface area contributed by atoms with Crippen LogP contribution in [0.1, 0.15) is 48.1 Å². The SMILES string of the molecule is CCCCc1c2c(nc3cc4c(c(N)c13)OCO4)-c1cc3c(c(=O)n1C2)COC(=O)[C@H]3O. The highest BCUT2D eigenvalue weighted by molar-refractivity contribution is 6.01. The van der Waals surface area contributed by atoms with Crippen molar-refractivity contribution in [2.45, 2.75) is 45.4 Å². The van der Waals surface area contributed by atoms with E-state index in [4.69, 9.17) is 24.9 Å². The number of hydrogen-bond acceptors (Lipinski definition) is 8. The van der Waals surface area contributed by atoms with E-state index in [1.807, 2.05) is 6.07 Å². The van der Waals surface area contributed by atoms with Crippen molar-refractivity contribution < 1.29 is 24.1 Å². The van der Waals surface area contributed by atoms with Gasteiger partial charge in [-0.1, -0.05) is 13.3 Å². The molecule has 0 bridgehead atoms. The average molecular weight is 435 g/mol. The van der Waals surface area contributed by atoms with Gasteiger partial charge in [0.2, 0.25) is 6.79 Å². The van der Waals surface area contributed by atoms with E-state index in [2.05, 4.69) is 6.92 Å². The monoisotopic (exact) mass is 435 g/mol. The minimum atomic E-state index is -1.48. The lowest BCUT2D eigenvalue weighted by Crippen LogP contribution is -2.32. The molecule has 3 N–H and O–H groups in total. The third kappa shape index (κ3) is 2.45. The second kappa shape index (κ2) is 6.70. The second-order valence-electron chi connectivity index (χ2n) is 8.30. The van der Waals surface area contributed by atoms with E-state index in [1.54, 1.807) is 10.6 Å². The van der Waals surface area contributed by atoms with Crippen molar-refractivity contribution in [3.8, 4) is 22.9 Å². The van der Waals surface area contributed by atoms with Gasteiger partial charge in [-0.05, 0) is 24.5 Å². The van der Waals surface area contributed by atoms with Crippen molar-refractivity contribution >= 4 is 22.6 Å². The van der Waals surface area contributed by atoms with Crippen LogP contribution in [0.4, 0.5) is 5.69 Å². The summed E-state index contributed by atoms with van der Waals surface area (Å²) in [5.41, 5.74) is 11.2. The molecule has 9 heteroatoms. The number of nitrogens with two attached hydrogens (primary N) is 1. The number of rotatable bonds is 3. The Morgan fingerprint density at radius 1 is 1.22 bits per heavy atom. The Kier molecular flexibility index (Phi) is 4.00. The number of ether oxygens (including phenoxy) is 3. The molecule has 0 unspecified atom stereocenters. The molecule has 0 radical (unpaired) electrons. The number of nitrogens with zero attached hydrogens (tertiary/aromatic N) is 2. The molecule has 3 aliphatic rings. The zero-order valence-corrected chi connectivity index (χ0v) is 17.4. The van der Waals surface area contributed by atoms with E-state index in [1.165, 1.54) is 0 Å². The van der Waals surface area contributed by atoms with Crippen molar-refractivity contribution in [1.82, 2.24) is 9.55 Å². The Balaban J connectivity index is 1.65. The Bertz CT molecular complexity index is 1390. The third-order valence-corrected chi connectivity index (χ3v) is 6.51. The normalized spacial score (nSPS) is 17.8. The Hall–Kier alpha value is -3.59. The first-order chi connectivity index (χ1) is 15.5. The molecule has 0 fully saturated rings. The van der Waals surface area contributed by atoms with Gasteiger partial charge in [0.25, 0.3) is 5.56 Å². The van der Waals surface area contributed by atoms with Gasteiger partial charge in [-0.3, -0.25) is 4.79 Å². The van der Waals surface area contributed by atoms with Crippen LogP contribution in [0.2, 0.25) is 0 Å². The Morgan fingerprint density at radius 2 is 2.06 bits per heavy atom. The van der Waals surface area contributed by atoms with Crippen LogP contribution in [0.3, 0.4) is 0 Å². The lowest BCUT2D eigenvalue weighted by molar-refractivity contribution is -0.157.